The molecule has 0 bridgehead atoms. The third-order valence-corrected chi connectivity index (χ3v) is 8.11. The van der Waals surface area contributed by atoms with Crippen LogP contribution in [0.2, 0.25) is 0 Å². The summed E-state index contributed by atoms with van der Waals surface area (Å²) in [6.45, 7) is 5.20. The molecule has 1 atom stereocenters. The number of carbonyl (C=O) groups is 1. The Labute approximate surface area is 257 Å². The van der Waals surface area contributed by atoms with Gasteiger partial charge in [0.2, 0.25) is 0 Å². The van der Waals surface area contributed by atoms with Gasteiger partial charge in [-0.3, -0.25) is 19.5 Å². The van der Waals surface area contributed by atoms with Crippen molar-refractivity contribution in [3.63, 3.8) is 0 Å². The molecule has 1 aliphatic heterocycles. The molecule has 0 aliphatic carbocycles. The zero-order valence-corrected chi connectivity index (χ0v) is 26.1. The lowest BCUT2D eigenvalue weighted by Gasteiger charge is -2.26. The molecule has 43 heavy (non-hydrogen) atoms. The number of non-ortho nitro benzene ring substituents is 1. The molecule has 222 valence electrons. The van der Waals surface area contributed by atoms with E-state index in [-0.39, 0.29) is 17.4 Å². The molecule has 1 aliphatic rings. The van der Waals surface area contributed by atoms with E-state index in [1.54, 1.807) is 57.2 Å². The van der Waals surface area contributed by atoms with Crippen LogP contribution in [-0.2, 0) is 9.53 Å². The minimum atomic E-state index is -0.876. The number of hydrogen-bond donors (Lipinski definition) is 0. The van der Waals surface area contributed by atoms with E-state index < -0.39 is 22.5 Å². The monoisotopic (exact) mass is 667 g/mol. The molecular formula is C30H26BrN3O8S. The number of rotatable bonds is 8. The summed E-state index contributed by atoms with van der Waals surface area (Å²) < 4.78 is 25.0. The molecule has 2 aromatic carbocycles. The highest BCUT2D eigenvalue weighted by Gasteiger charge is 2.35. The fraction of sp³-hybridized carbons (Fsp3) is 0.233. The lowest BCUT2D eigenvalue weighted by molar-refractivity contribution is -0.384. The number of hydrogen-bond acceptors (Lipinski definition) is 10. The zero-order chi connectivity index (χ0) is 31.0. The van der Waals surface area contributed by atoms with E-state index in [0.717, 1.165) is 15.8 Å². The lowest BCUT2D eigenvalue weighted by atomic mass is 9.95. The maximum atomic E-state index is 14.0. The Morgan fingerprint density at radius 2 is 1.86 bits per heavy atom. The molecule has 0 radical (unpaired) electrons. The van der Waals surface area contributed by atoms with E-state index in [9.17, 15) is 19.7 Å². The molecule has 0 fully saturated rings. The summed E-state index contributed by atoms with van der Waals surface area (Å²) in [4.78, 5) is 43.2. The number of furan rings is 1. The summed E-state index contributed by atoms with van der Waals surface area (Å²) in [5, 5.41) is 11.3. The van der Waals surface area contributed by atoms with E-state index in [4.69, 9.17) is 18.6 Å². The van der Waals surface area contributed by atoms with Crippen LogP contribution in [0.25, 0.3) is 17.4 Å². The first-order chi connectivity index (χ1) is 20.5. The molecule has 13 heteroatoms. The number of nitro benzene ring substituents is 1. The van der Waals surface area contributed by atoms with Crippen LogP contribution in [-0.4, -0.2) is 35.8 Å². The van der Waals surface area contributed by atoms with Crippen molar-refractivity contribution in [2.45, 2.75) is 32.9 Å². The van der Waals surface area contributed by atoms with Crippen molar-refractivity contribution >= 4 is 45.0 Å². The highest BCUT2D eigenvalue weighted by Crippen LogP contribution is 2.38. The van der Waals surface area contributed by atoms with Gasteiger partial charge in [-0.25, -0.2) is 9.79 Å². The van der Waals surface area contributed by atoms with Crippen LogP contribution < -0.4 is 24.4 Å². The number of fused-ring (bicyclic) bond motifs is 1. The molecule has 0 saturated carbocycles. The van der Waals surface area contributed by atoms with E-state index in [1.807, 2.05) is 0 Å². The van der Waals surface area contributed by atoms with Crippen molar-refractivity contribution in [2.75, 3.05) is 14.2 Å². The number of ether oxygens (including phenoxy) is 3. The first-order valence-electron chi connectivity index (χ1n) is 13.0. The van der Waals surface area contributed by atoms with E-state index >= 15 is 0 Å². The van der Waals surface area contributed by atoms with Crippen molar-refractivity contribution in [2.24, 2.45) is 4.99 Å². The maximum Gasteiger partial charge on any atom is 0.338 e. The maximum absolute atomic E-state index is 14.0. The highest BCUT2D eigenvalue weighted by molar-refractivity contribution is 9.10. The van der Waals surface area contributed by atoms with E-state index in [2.05, 4.69) is 20.9 Å². The van der Waals surface area contributed by atoms with Gasteiger partial charge in [-0.05, 0) is 57.2 Å². The van der Waals surface area contributed by atoms with Crippen molar-refractivity contribution in [1.82, 2.24) is 4.57 Å². The molecule has 0 saturated heterocycles. The topological polar surface area (TPSA) is 135 Å². The average Bonchev–Trinajstić information content (AvgIpc) is 3.55. The van der Waals surface area contributed by atoms with Crippen LogP contribution in [0, 0.1) is 10.1 Å². The second-order valence-electron chi connectivity index (χ2n) is 9.77. The van der Waals surface area contributed by atoms with Gasteiger partial charge in [0.1, 0.15) is 29.1 Å². The van der Waals surface area contributed by atoms with Crippen LogP contribution in [0.4, 0.5) is 5.69 Å². The SMILES string of the molecule is COc1ccc([N+](=O)[O-])cc1-c1ccc(/C=c2\sc3n(c2=O)[C@H](c2cc(Br)ccc2OC)C(C(=O)OC(C)C)=C(C)N=3)o1. The second kappa shape index (κ2) is 12.0. The number of esters is 1. The zero-order valence-electron chi connectivity index (χ0n) is 23.7. The average molecular weight is 669 g/mol. The van der Waals surface area contributed by atoms with Crippen LogP contribution in [0.3, 0.4) is 0 Å². The minimum absolute atomic E-state index is 0.118. The normalized spacial score (nSPS) is 14.9. The number of nitrogens with zero attached hydrogens (tertiary/aromatic N) is 3. The van der Waals surface area contributed by atoms with Gasteiger partial charge in [-0.2, -0.15) is 0 Å². The number of carbonyl (C=O) groups excluding carboxylic acids is 1. The molecule has 5 rings (SSSR count). The first kappa shape index (κ1) is 30.0. The molecule has 2 aromatic heterocycles. The van der Waals surface area contributed by atoms with Crippen LogP contribution in [0.1, 0.15) is 38.1 Å². The molecule has 0 spiro atoms. The summed E-state index contributed by atoms with van der Waals surface area (Å²) in [6, 6.07) is 12.0. The van der Waals surface area contributed by atoms with Gasteiger partial charge in [-0.15, -0.1) is 0 Å². The fourth-order valence-corrected chi connectivity index (χ4v) is 6.19. The van der Waals surface area contributed by atoms with Gasteiger partial charge in [-0.1, -0.05) is 27.3 Å². The third kappa shape index (κ3) is 5.77. The Morgan fingerprint density at radius 1 is 1.14 bits per heavy atom. The number of thiazole rings is 1. The van der Waals surface area contributed by atoms with Gasteiger partial charge >= 0.3 is 5.97 Å². The molecule has 0 N–H and O–H groups in total. The summed E-state index contributed by atoms with van der Waals surface area (Å²) >= 11 is 4.63. The lowest BCUT2D eigenvalue weighted by Crippen LogP contribution is -2.40. The van der Waals surface area contributed by atoms with Crippen LogP contribution in [0.15, 0.2) is 78.5 Å². The third-order valence-electron chi connectivity index (χ3n) is 6.63. The number of nitro groups is 1. The van der Waals surface area contributed by atoms with Crippen molar-refractivity contribution in [1.29, 1.82) is 0 Å². The van der Waals surface area contributed by atoms with Gasteiger partial charge in [0.05, 0.1) is 46.6 Å². The summed E-state index contributed by atoms with van der Waals surface area (Å²) in [5.41, 5.74) is 1.10. The van der Waals surface area contributed by atoms with Crippen molar-refractivity contribution < 1.29 is 28.3 Å². The number of benzene rings is 2. The van der Waals surface area contributed by atoms with E-state index in [1.165, 1.54) is 37.0 Å². The van der Waals surface area contributed by atoms with Gasteiger partial charge in [0.25, 0.3) is 11.2 Å². The largest absolute Gasteiger partial charge is 0.496 e. The fourth-order valence-electron chi connectivity index (χ4n) is 4.78. The van der Waals surface area contributed by atoms with Crippen molar-refractivity contribution in [3.05, 3.63) is 105 Å². The Kier molecular flexibility index (Phi) is 8.38. The molecular weight excluding hydrogens is 642 g/mol. The number of allylic oxidation sites excluding steroid dienone is 1. The standard InChI is InChI=1S/C30H26BrN3O8S/c1-15(2)41-29(36)26-16(3)32-30-33(27(26)21-12-17(31)6-9-23(21)40-5)28(35)25(43-30)14-19-8-11-24(42-19)20-13-18(34(37)38)7-10-22(20)39-4/h6-15,27H,1-5H3/b25-14-/t27-/m1/s1. The summed E-state index contributed by atoms with van der Waals surface area (Å²) in [7, 11) is 2.98. The van der Waals surface area contributed by atoms with Gasteiger partial charge in [0, 0.05) is 28.2 Å². The number of aromatic nitrogens is 1. The summed E-state index contributed by atoms with van der Waals surface area (Å²) in [6.07, 6.45) is 1.18. The summed E-state index contributed by atoms with van der Waals surface area (Å²) in [5.74, 6) is 0.949. The Hall–Kier alpha value is -4.49. The quantitative estimate of drug-likeness (QED) is 0.143. The molecule has 3 heterocycles. The Balaban J connectivity index is 1.67. The van der Waals surface area contributed by atoms with Crippen LogP contribution >= 0.6 is 27.3 Å². The molecule has 11 nitrogen and oxygen atoms in total. The number of halogens is 1. The molecule has 0 amide bonds. The van der Waals surface area contributed by atoms with Crippen LogP contribution in [0.5, 0.6) is 11.5 Å². The highest BCUT2D eigenvalue weighted by atomic mass is 79.9. The molecule has 4 aromatic rings. The Morgan fingerprint density at radius 3 is 2.53 bits per heavy atom. The Bertz CT molecular complexity index is 1970. The van der Waals surface area contributed by atoms with Gasteiger partial charge < -0.3 is 18.6 Å². The second-order valence-corrected chi connectivity index (χ2v) is 11.7. The minimum Gasteiger partial charge on any atom is -0.496 e. The predicted octanol–water partition coefficient (Wildman–Crippen LogP) is 5.13. The molecule has 0 unspecified atom stereocenters. The predicted molar refractivity (Wildman–Crippen MR) is 163 cm³/mol. The smallest absolute Gasteiger partial charge is 0.338 e. The number of methoxy groups -OCH3 is 2. The first-order valence-corrected chi connectivity index (χ1v) is 14.6. The van der Waals surface area contributed by atoms with Crippen molar-refractivity contribution in [3.8, 4) is 22.8 Å². The van der Waals surface area contributed by atoms with Gasteiger partial charge in [0.15, 0.2) is 4.80 Å². The van der Waals surface area contributed by atoms with E-state index in [0.29, 0.717) is 49.2 Å².